The minimum absolute atomic E-state index is 0.0502. The predicted molar refractivity (Wildman–Crippen MR) is 115 cm³/mol. The maximum Gasteiger partial charge on any atom is 0.409 e. The minimum atomic E-state index is -2.13. The molecule has 0 unspecified atom stereocenters. The fraction of sp³-hybridized carbons (Fsp3) is 0.375. The first-order chi connectivity index (χ1) is 14.9. The van der Waals surface area contributed by atoms with Crippen molar-refractivity contribution in [3.63, 3.8) is 0 Å². The molecule has 0 bridgehead atoms. The Bertz CT molecular complexity index is 1010. The minimum Gasteiger partial charge on any atom is -0.496 e. The summed E-state index contributed by atoms with van der Waals surface area (Å²) in [4.78, 5) is 37.1. The molecule has 1 atom stereocenters. The zero-order valence-electron chi connectivity index (χ0n) is 16.6. The number of rotatable bonds is 9. The Balaban J connectivity index is 2.07. The van der Waals surface area contributed by atoms with Crippen LogP contribution in [0, 0.1) is 27.2 Å². The zero-order chi connectivity index (χ0) is 24.1. The van der Waals surface area contributed by atoms with Crippen molar-refractivity contribution in [2.24, 2.45) is 0 Å². The Morgan fingerprint density at radius 2 is 1.97 bits per heavy atom. The number of hydrogen-bond acceptors (Lipinski definition) is 9. The number of nitrogens with zero attached hydrogens (tertiary/aromatic N) is 4. The second-order valence-corrected chi connectivity index (χ2v) is 8.48. The van der Waals surface area contributed by atoms with E-state index in [0.717, 1.165) is 12.3 Å². The van der Waals surface area contributed by atoms with Crippen LogP contribution in [0.5, 0.6) is 5.75 Å². The number of aromatic nitrogens is 2. The molecule has 0 saturated carbocycles. The van der Waals surface area contributed by atoms with Crippen LogP contribution in [-0.4, -0.2) is 49.2 Å². The second-order valence-electron chi connectivity index (χ2n) is 6.11. The summed E-state index contributed by atoms with van der Waals surface area (Å²) in [5.74, 6) is 0.316. The van der Waals surface area contributed by atoms with Crippen LogP contribution in [0.2, 0.25) is 0 Å². The second kappa shape index (κ2) is 10.5. The number of hydrogen-bond donors (Lipinski definition) is 2. The molecular weight excluding hydrogens is 495 g/mol. The number of amides is 1. The fourth-order valence-electron chi connectivity index (χ4n) is 2.53. The van der Waals surface area contributed by atoms with Crippen molar-refractivity contribution in [1.29, 1.82) is 0 Å². The third kappa shape index (κ3) is 6.48. The van der Waals surface area contributed by atoms with Gasteiger partial charge in [0.1, 0.15) is 30.8 Å². The normalized spacial score (nSPS) is 12.0. The van der Waals surface area contributed by atoms with E-state index < -0.39 is 25.9 Å². The molecule has 13 nitrogen and oxygen atoms in total. The van der Waals surface area contributed by atoms with Gasteiger partial charge in [0.2, 0.25) is 3.79 Å². The van der Waals surface area contributed by atoms with Crippen LogP contribution in [0.15, 0.2) is 24.4 Å². The fourth-order valence-corrected chi connectivity index (χ4v) is 2.86. The van der Waals surface area contributed by atoms with E-state index >= 15 is 0 Å². The number of imidazole rings is 1. The molecule has 2 aromatic rings. The summed E-state index contributed by atoms with van der Waals surface area (Å²) in [7, 11) is 1.34. The third-order valence-electron chi connectivity index (χ3n) is 4.06. The Hall–Kier alpha value is -3.03. The molecule has 0 saturated heterocycles. The number of carbonyl (C=O) groups is 1. The molecule has 1 amide bonds. The predicted octanol–water partition coefficient (Wildman–Crippen LogP) is 3.55. The number of nitrogens with one attached hydrogen (secondary N) is 2. The molecule has 1 aromatic heterocycles. The molecule has 0 fully saturated rings. The van der Waals surface area contributed by atoms with E-state index in [2.05, 4.69) is 15.6 Å². The SMILES string of the molecule is COc1ccc(N[C@H](NC(=O)OCCn2c([N+](=O)[O-])cnc2C)C(Cl)(Cl)Cl)c([N+](=O)[O-])c1. The Morgan fingerprint density at radius 1 is 1.28 bits per heavy atom. The summed E-state index contributed by atoms with van der Waals surface area (Å²) >= 11 is 17.7. The zero-order valence-corrected chi connectivity index (χ0v) is 18.8. The molecule has 2 N–H and O–H groups in total. The van der Waals surface area contributed by atoms with Crippen LogP contribution in [0.1, 0.15) is 5.82 Å². The van der Waals surface area contributed by atoms with Gasteiger partial charge in [-0.3, -0.25) is 15.4 Å². The van der Waals surface area contributed by atoms with Gasteiger partial charge in [-0.15, -0.1) is 0 Å². The van der Waals surface area contributed by atoms with Crippen LogP contribution < -0.4 is 15.4 Å². The smallest absolute Gasteiger partial charge is 0.409 e. The van der Waals surface area contributed by atoms with Crippen LogP contribution in [0.3, 0.4) is 0 Å². The van der Waals surface area contributed by atoms with Gasteiger partial charge in [-0.1, -0.05) is 34.8 Å². The number of halogens is 3. The summed E-state index contributed by atoms with van der Waals surface area (Å²) in [5, 5.41) is 27.2. The molecule has 0 aliphatic carbocycles. The average Bonchev–Trinajstić information content (AvgIpc) is 3.07. The average molecular weight is 512 g/mol. The topological polar surface area (TPSA) is 164 Å². The van der Waals surface area contributed by atoms with Crippen molar-refractivity contribution in [2.75, 3.05) is 19.0 Å². The van der Waals surface area contributed by atoms with E-state index in [0.29, 0.717) is 5.82 Å². The number of alkyl halides is 3. The van der Waals surface area contributed by atoms with Gasteiger partial charge in [0.05, 0.1) is 18.1 Å². The molecule has 0 spiro atoms. The van der Waals surface area contributed by atoms with Gasteiger partial charge < -0.3 is 24.9 Å². The summed E-state index contributed by atoms with van der Waals surface area (Å²) in [6, 6.07) is 3.90. The molecule has 0 aliphatic heterocycles. The van der Waals surface area contributed by atoms with Crippen molar-refractivity contribution >= 4 is 58.1 Å². The highest BCUT2D eigenvalue weighted by atomic mass is 35.6. The lowest BCUT2D eigenvalue weighted by atomic mass is 10.2. The van der Waals surface area contributed by atoms with E-state index in [-0.39, 0.29) is 36.1 Å². The third-order valence-corrected chi connectivity index (χ3v) is 4.71. The monoisotopic (exact) mass is 510 g/mol. The van der Waals surface area contributed by atoms with Crippen LogP contribution in [0.25, 0.3) is 0 Å². The number of nitro groups is 2. The van der Waals surface area contributed by atoms with Crippen LogP contribution in [-0.2, 0) is 11.3 Å². The number of methoxy groups -OCH3 is 1. The maximum atomic E-state index is 12.2. The summed E-state index contributed by atoms with van der Waals surface area (Å²) < 4.78 is 9.06. The maximum absolute atomic E-state index is 12.2. The molecule has 174 valence electrons. The first-order valence-corrected chi connectivity index (χ1v) is 9.83. The summed E-state index contributed by atoms with van der Waals surface area (Å²) in [6.07, 6.45) is -1.39. The van der Waals surface area contributed by atoms with Crippen molar-refractivity contribution in [3.05, 3.63) is 50.4 Å². The largest absolute Gasteiger partial charge is 0.496 e. The Labute approximate surface area is 195 Å². The van der Waals surface area contributed by atoms with E-state index in [1.54, 1.807) is 6.92 Å². The van der Waals surface area contributed by atoms with Crippen molar-refractivity contribution in [1.82, 2.24) is 14.9 Å². The lowest BCUT2D eigenvalue weighted by Crippen LogP contribution is -2.49. The first kappa shape index (κ1) is 25.2. The van der Waals surface area contributed by atoms with Gasteiger partial charge in [0.25, 0.3) is 5.69 Å². The molecular formula is C16H17Cl3N6O7. The summed E-state index contributed by atoms with van der Waals surface area (Å²) in [6.45, 7) is 1.24. The van der Waals surface area contributed by atoms with Gasteiger partial charge in [-0.25, -0.2) is 14.3 Å². The number of ether oxygens (including phenoxy) is 2. The number of nitro benzene ring substituents is 1. The van der Waals surface area contributed by atoms with Gasteiger partial charge >= 0.3 is 11.9 Å². The van der Waals surface area contributed by atoms with Crippen LogP contribution >= 0.6 is 34.8 Å². The molecule has 1 aromatic carbocycles. The number of anilines is 1. The van der Waals surface area contributed by atoms with Crippen LogP contribution in [0.4, 0.5) is 22.0 Å². The van der Waals surface area contributed by atoms with E-state index in [4.69, 9.17) is 44.3 Å². The quantitative estimate of drug-likeness (QED) is 0.222. The van der Waals surface area contributed by atoms with Crippen molar-refractivity contribution in [2.45, 2.75) is 23.4 Å². The Kier molecular flexibility index (Phi) is 8.30. The number of benzene rings is 1. The van der Waals surface area contributed by atoms with E-state index in [1.165, 1.54) is 23.8 Å². The van der Waals surface area contributed by atoms with E-state index in [1.807, 2.05) is 0 Å². The highest BCUT2D eigenvalue weighted by Crippen LogP contribution is 2.35. The molecule has 0 radical (unpaired) electrons. The Morgan fingerprint density at radius 3 is 2.53 bits per heavy atom. The van der Waals surface area contributed by atoms with Gasteiger partial charge in [-0.2, -0.15) is 0 Å². The van der Waals surface area contributed by atoms with Crippen molar-refractivity contribution < 1.29 is 24.1 Å². The highest BCUT2D eigenvalue weighted by molar-refractivity contribution is 6.68. The first-order valence-electron chi connectivity index (χ1n) is 8.69. The number of carbonyl (C=O) groups excluding carboxylic acids is 1. The molecule has 0 aliphatic rings. The van der Waals surface area contributed by atoms with E-state index in [9.17, 15) is 25.0 Å². The van der Waals surface area contributed by atoms with Crippen molar-refractivity contribution in [3.8, 4) is 5.75 Å². The van der Waals surface area contributed by atoms with Gasteiger partial charge in [0, 0.05) is 6.92 Å². The highest BCUT2D eigenvalue weighted by Gasteiger charge is 2.36. The number of aryl methyl sites for hydroxylation is 1. The molecule has 2 rings (SSSR count). The standard InChI is InChI=1S/C16H17Cl3N6O7/c1-9-20-8-13(25(29)30)23(9)5-6-32-15(26)22-14(16(17,18)19)21-11-4-3-10(31-2)7-12(11)24(27)28/h3-4,7-8,14,21H,5-6H2,1-2H3,(H,22,26)/t14-/m1/s1. The number of alkyl carbamates (subject to hydrolysis) is 1. The van der Waals surface area contributed by atoms with Gasteiger partial charge in [0.15, 0.2) is 12.0 Å². The lowest BCUT2D eigenvalue weighted by molar-refractivity contribution is -0.392. The lowest BCUT2D eigenvalue weighted by Gasteiger charge is -2.26. The summed E-state index contributed by atoms with van der Waals surface area (Å²) in [5.41, 5.74) is -0.446. The molecule has 32 heavy (non-hydrogen) atoms. The molecule has 16 heteroatoms. The van der Waals surface area contributed by atoms with Gasteiger partial charge in [-0.05, 0) is 17.1 Å². The molecule has 1 heterocycles.